The fraction of sp³-hybridized carbons (Fsp3) is 0.310. The van der Waals surface area contributed by atoms with Crippen molar-refractivity contribution in [2.24, 2.45) is 10.4 Å². The van der Waals surface area contributed by atoms with Crippen LogP contribution in [0.15, 0.2) is 89.9 Å². The van der Waals surface area contributed by atoms with Crippen molar-refractivity contribution in [3.8, 4) is 11.1 Å². The van der Waals surface area contributed by atoms with E-state index in [0.717, 1.165) is 12.0 Å². The van der Waals surface area contributed by atoms with Crippen molar-refractivity contribution in [3.05, 3.63) is 96.1 Å². The van der Waals surface area contributed by atoms with Crippen LogP contribution in [0.3, 0.4) is 0 Å². The molecule has 0 saturated carbocycles. The lowest BCUT2D eigenvalue weighted by Crippen LogP contribution is -2.48. The molecular weight excluding hydrogens is 408 g/mol. The van der Waals surface area contributed by atoms with E-state index < -0.39 is 0 Å². The number of carbonyl (C=O) groups is 1. The summed E-state index contributed by atoms with van der Waals surface area (Å²) >= 11 is 0. The van der Waals surface area contributed by atoms with E-state index in [1.165, 1.54) is 23.6 Å². The fourth-order valence-electron chi connectivity index (χ4n) is 4.26. The molecule has 1 aliphatic rings. The second kappa shape index (κ2) is 9.62. The summed E-state index contributed by atoms with van der Waals surface area (Å²) in [4.78, 5) is 17.0. The van der Waals surface area contributed by atoms with Gasteiger partial charge in [-0.25, -0.2) is 4.99 Å². The number of amides is 1. The highest BCUT2D eigenvalue weighted by atomic mass is 16.5. The summed E-state index contributed by atoms with van der Waals surface area (Å²) in [5.41, 5.74) is 4.43. The zero-order valence-corrected chi connectivity index (χ0v) is 19.8. The number of hydrogen-bond acceptors (Lipinski definition) is 3. The molecule has 0 bridgehead atoms. The molecule has 4 nitrogen and oxygen atoms in total. The predicted molar refractivity (Wildman–Crippen MR) is 134 cm³/mol. The molecule has 0 aromatic heterocycles. The largest absolute Gasteiger partial charge is 0.469 e. The summed E-state index contributed by atoms with van der Waals surface area (Å²) in [5.74, 6) is 0.521. The van der Waals surface area contributed by atoms with Crippen LogP contribution in [-0.2, 0) is 16.0 Å². The topological polar surface area (TPSA) is 50.7 Å². The molecule has 33 heavy (non-hydrogen) atoms. The Morgan fingerprint density at radius 2 is 1.48 bits per heavy atom. The molecule has 3 aromatic rings. The molecule has 0 fully saturated rings. The van der Waals surface area contributed by atoms with Gasteiger partial charge in [0.05, 0.1) is 6.04 Å². The van der Waals surface area contributed by atoms with Crippen LogP contribution in [0.25, 0.3) is 11.1 Å². The number of ether oxygens (including phenoxy) is 1. The van der Waals surface area contributed by atoms with E-state index in [2.05, 4.69) is 86.8 Å². The highest BCUT2D eigenvalue weighted by Crippen LogP contribution is 2.36. The van der Waals surface area contributed by atoms with Crippen LogP contribution in [0.1, 0.15) is 44.9 Å². The molecule has 0 saturated heterocycles. The Morgan fingerprint density at radius 1 is 0.909 bits per heavy atom. The zero-order valence-electron chi connectivity index (χ0n) is 19.8. The lowest BCUT2D eigenvalue weighted by atomic mass is 9.86. The molecule has 4 rings (SSSR count). The number of nitrogens with one attached hydrogen (secondary N) is 1. The van der Waals surface area contributed by atoms with Crippen molar-refractivity contribution in [3.63, 3.8) is 0 Å². The molecule has 3 aromatic carbocycles. The summed E-state index contributed by atoms with van der Waals surface area (Å²) < 4.78 is 6.50. The molecule has 0 spiro atoms. The number of carbonyl (C=O) groups excluding carboxylic acids is 1. The van der Waals surface area contributed by atoms with Gasteiger partial charge in [0.25, 0.3) is 0 Å². The molecule has 1 heterocycles. The molecule has 0 radical (unpaired) electrons. The maximum Gasteiger partial charge on any atom is 0.217 e. The minimum atomic E-state index is -0.290. The Balaban J connectivity index is 1.65. The van der Waals surface area contributed by atoms with Gasteiger partial charge in [0, 0.05) is 6.92 Å². The number of aliphatic imine (C=N–C) groups is 1. The molecule has 4 heteroatoms. The zero-order chi connectivity index (χ0) is 23.4. The molecular formula is C29H32N2O2. The Labute approximate surface area is 196 Å². The Morgan fingerprint density at radius 3 is 2.06 bits per heavy atom. The van der Waals surface area contributed by atoms with Gasteiger partial charge >= 0.3 is 0 Å². The summed E-state index contributed by atoms with van der Waals surface area (Å²) in [7, 11) is 0. The molecule has 1 aliphatic heterocycles. The van der Waals surface area contributed by atoms with Gasteiger partial charge in [0.15, 0.2) is 0 Å². The second-order valence-electron chi connectivity index (χ2n) is 9.75. The average molecular weight is 441 g/mol. The number of benzene rings is 3. The summed E-state index contributed by atoms with van der Waals surface area (Å²) in [6, 6.07) is 28.9. The van der Waals surface area contributed by atoms with Gasteiger partial charge in [-0.15, -0.1) is 0 Å². The smallest absolute Gasteiger partial charge is 0.217 e. The molecule has 0 unspecified atom stereocenters. The fourth-order valence-corrected chi connectivity index (χ4v) is 4.26. The maximum atomic E-state index is 11.9. The van der Waals surface area contributed by atoms with Gasteiger partial charge in [0.2, 0.25) is 11.8 Å². The van der Waals surface area contributed by atoms with Gasteiger partial charge in [-0.1, -0.05) is 106 Å². The van der Waals surface area contributed by atoms with Gasteiger partial charge in [-0.3, -0.25) is 4.79 Å². The van der Waals surface area contributed by atoms with Crippen LogP contribution >= 0.6 is 0 Å². The van der Waals surface area contributed by atoms with E-state index >= 15 is 0 Å². The van der Waals surface area contributed by atoms with Gasteiger partial charge in [0.1, 0.15) is 12.1 Å². The van der Waals surface area contributed by atoms with Crippen molar-refractivity contribution in [2.45, 2.75) is 52.3 Å². The average Bonchev–Trinajstić information content (AvgIpc) is 3.21. The minimum Gasteiger partial charge on any atom is -0.469 e. The highest BCUT2D eigenvalue weighted by molar-refractivity contribution is 5.89. The van der Waals surface area contributed by atoms with E-state index in [1.807, 2.05) is 24.3 Å². The van der Waals surface area contributed by atoms with E-state index in [9.17, 15) is 4.79 Å². The first-order valence-corrected chi connectivity index (χ1v) is 11.5. The Hall–Kier alpha value is -3.40. The first-order valence-electron chi connectivity index (χ1n) is 11.5. The van der Waals surface area contributed by atoms with E-state index in [4.69, 9.17) is 9.73 Å². The molecule has 170 valence electrons. The third-order valence-electron chi connectivity index (χ3n) is 5.98. The third-order valence-corrected chi connectivity index (χ3v) is 5.98. The monoisotopic (exact) mass is 440 g/mol. The molecule has 1 amide bonds. The molecule has 3 atom stereocenters. The highest BCUT2D eigenvalue weighted by Gasteiger charge is 2.40. The van der Waals surface area contributed by atoms with E-state index in [-0.39, 0.29) is 29.5 Å². The van der Waals surface area contributed by atoms with E-state index in [1.54, 1.807) is 0 Å². The van der Waals surface area contributed by atoms with E-state index in [0.29, 0.717) is 5.90 Å². The van der Waals surface area contributed by atoms with Crippen molar-refractivity contribution < 1.29 is 9.53 Å². The second-order valence-corrected chi connectivity index (χ2v) is 9.75. The standard InChI is InChI=1S/C29H32N2O2/c1-20(32)30-27(29(2,3)4)28-31-25(19-21-11-7-5-8-12-21)26(33-28)24-17-15-23(16-18-24)22-13-9-6-10-14-22/h5-18,25-27H,19H2,1-4H3,(H,30,32)/t25-,26-,27+/m0/s1. The van der Waals surface area contributed by atoms with Crippen LogP contribution in [0.2, 0.25) is 0 Å². The lowest BCUT2D eigenvalue weighted by molar-refractivity contribution is -0.120. The normalized spacial score (nSPS) is 18.8. The maximum absolute atomic E-state index is 11.9. The van der Waals surface area contributed by atoms with Crippen molar-refractivity contribution in [1.82, 2.24) is 5.32 Å². The predicted octanol–water partition coefficient (Wildman–Crippen LogP) is 5.99. The van der Waals surface area contributed by atoms with Crippen molar-refractivity contribution in [1.29, 1.82) is 0 Å². The van der Waals surface area contributed by atoms with Gasteiger partial charge in [-0.2, -0.15) is 0 Å². The third kappa shape index (κ3) is 5.51. The minimum absolute atomic E-state index is 0.0661. The first-order chi connectivity index (χ1) is 15.8. The lowest BCUT2D eigenvalue weighted by Gasteiger charge is -2.31. The van der Waals surface area contributed by atoms with Crippen LogP contribution in [0.4, 0.5) is 0 Å². The quantitative estimate of drug-likeness (QED) is 0.512. The first kappa shape index (κ1) is 22.8. The Kier molecular flexibility index (Phi) is 6.64. The molecule has 0 aliphatic carbocycles. The van der Waals surface area contributed by atoms with Crippen LogP contribution < -0.4 is 5.32 Å². The summed E-state index contributed by atoms with van der Waals surface area (Å²) in [5, 5.41) is 3.05. The summed E-state index contributed by atoms with van der Waals surface area (Å²) in [6.45, 7) is 7.81. The summed E-state index contributed by atoms with van der Waals surface area (Å²) in [6.07, 6.45) is 0.565. The Bertz CT molecular complexity index is 1100. The van der Waals surface area contributed by atoms with Crippen LogP contribution in [-0.4, -0.2) is 23.9 Å². The number of rotatable bonds is 6. The van der Waals surface area contributed by atoms with Crippen molar-refractivity contribution >= 4 is 11.8 Å². The SMILES string of the molecule is CC(=O)N[C@H](C1=N[C@@H](Cc2ccccc2)[C@H](c2ccc(-c3ccccc3)cc2)O1)C(C)(C)C. The number of nitrogens with zero attached hydrogens (tertiary/aromatic N) is 1. The molecule has 1 N–H and O–H groups in total. The van der Waals surface area contributed by atoms with Crippen LogP contribution in [0, 0.1) is 5.41 Å². The van der Waals surface area contributed by atoms with Crippen molar-refractivity contribution in [2.75, 3.05) is 0 Å². The van der Waals surface area contributed by atoms with Crippen LogP contribution in [0.5, 0.6) is 0 Å². The van der Waals surface area contributed by atoms with Gasteiger partial charge in [-0.05, 0) is 34.1 Å². The number of hydrogen-bond donors (Lipinski definition) is 1. The van der Waals surface area contributed by atoms with Gasteiger partial charge < -0.3 is 10.1 Å².